The highest BCUT2D eigenvalue weighted by atomic mass is 16.5. The van der Waals surface area contributed by atoms with Crippen LogP contribution in [0.1, 0.15) is 37.7 Å². The van der Waals surface area contributed by atoms with E-state index in [0.29, 0.717) is 28.5 Å². The van der Waals surface area contributed by atoms with Crippen molar-refractivity contribution in [3.05, 3.63) is 35.9 Å². The summed E-state index contributed by atoms with van der Waals surface area (Å²) in [6, 6.07) is 9.46. The Morgan fingerprint density at radius 1 is 1.00 bits per heavy atom. The largest absolute Gasteiger partial charge is 0.493 e. The molecule has 2 aromatic carbocycles. The first-order valence-electron chi connectivity index (χ1n) is 10.9. The minimum atomic E-state index is -0.904. The van der Waals surface area contributed by atoms with Crippen LogP contribution >= 0.6 is 0 Å². The van der Waals surface area contributed by atoms with Gasteiger partial charge in [0, 0.05) is 16.5 Å². The first kappa shape index (κ1) is 21.9. The molecule has 1 saturated carbocycles. The van der Waals surface area contributed by atoms with Gasteiger partial charge in [-0.25, -0.2) is 0 Å². The van der Waals surface area contributed by atoms with Gasteiger partial charge in [0.25, 0.3) is 0 Å². The molecule has 1 heterocycles. The average Bonchev–Trinajstić information content (AvgIpc) is 3.15. The third-order valence-electron chi connectivity index (χ3n) is 6.01. The fourth-order valence-corrected chi connectivity index (χ4v) is 4.48. The minimum absolute atomic E-state index is 0.126. The third kappa shape index (κ3) is 4.33. The van der Waals surface area contributed by atoms with Gasteiger partial charge in [-0.15, -0.1) is 0 Å². The molecule has 1 aliphatic carbocycles. The van der Waals surface area contributed by atoms with Crippen LogP contribution in [0, 0.1) is 0 Å². The number of benzene rings is 2. The number of H-pyrrole nitrogens is 1. The lowest BCUT2D eigenvalue weighted by atomic mass is 9.97. The Kier molecular flexibility index (Phi) is 6.44. The molecule has 2 N–H and O–H groups in total. The molecule has 7 nitrogen and oxygen atoms in total. The van der Waals surface area contributed by atoms with Gasteiger partial charge in [-0.1, -0.05) is 6.42 Å². The molecule has 3 aromatic rings. The van der Waals surface area contributed by atoms with Gasteiger partial charge in [-0.05, 0) is 61.6 Å². The number of carboxylic acid groups (broad SMARTS) is 1. The molecular formula is C25H29NO6. The Bertz CT molecular complexity index is 1090. The number of carboxylic acids is 1. The smallest absolute Gasteiger partial charge is 0.307 e. The normalized spacial score (nSPS) is 14.3. The van der Waals surface area contributed by atoms with Crippen molar-refractivity contribution in [2.24, 2.45) is 0 Å². The van der Waals surface area contributed by atoms with E-state index >= 15 is 0 Å². The van der Waals surface area contributed by atoms with Crippen molar-refractivity contribution in [2.45, 2.75) is 44.6 Å². The van der Waals surface area contributed by atoms with Crippen LogP contribution in [-0.4, -0.2) is 43.5 Å². The zero-order valence-corrected chi connectivity index (χ0v) is 18.7. The molecule has 0 saturated heterocycles. The van der Waals surface area contributed by atoms with Gasteiger partial charge in [0.05, 0.1) is 39.5 Å². The molecule has 0 unspecified atom stereocenters. The number of rotatable bonds is 8. The van der Waals surface area contributed by atoms with Crippen molar-refractivity contribution >= 4 is 16.9 Å². The van der Waals surface area contributed by atoms with Gasteiger partial charge in [0.2, 0.25) is 5.75 Å². The van der Waals surface area contributed by atoms with E-state index in [2.05, 4.69) is 4.98 Å². The summed E-state index contributed by atoms with van der Waals surface area (Å²) in [4.78, 5) is 15.1. The fourth-order valence-electron chi connectivity index (χ4n) is 4.48. The van der Waals surface area contributed by atoms with Crippen LogP contribution in [0.2, 0.25) is 0 Å². The molecule has 0 radical (unpaired) electrons. The highest BCUT2D eigenvalue weighted by Gasteiger charge is 2.21. The predicted molar refractivity (Wildman–Crippen MR) is 122 cm³/mol. The van der Waals surface area contributed by atoms with E-state index < -0.39 is 5.97 Å². The summed E-state index contributed by atoms with van der Waals surface area (Å²) >= 11 is 0. The van der Waals surface area contributed by atoms with Gasteiger partial charge in [-0.3, -0.25) is 4.79 Å². The second-order valence-corrected chi connectivity index (χ2v) is 8.05. The van der Waals surface area contributed by atoms with E-state index in [1.807, 2.05) is 30.3 Å². The fraction of sp³-hybridized carbons (Fsp3) is 0.400. The van der Waals surface area contributed by atoms with Gasteiger partial charge >= 0.3 is 5.97 Å². The van der Waals surface area contributed by atoms with Crippen LogP contribution in [0.15, 0.2) is 30.3 Å². The molecule has 4 rings (SSSR count). The molecular weight excluding hydrogens is 410 g/mol. The predicted octanol–water partition coefficient (Wildman–Crippen LogP) is 5.20. The maximum atomic E-state index is 11.7. The molecule has 170 valence electrons. The number of ether oxygens (including phenoxy) is 4. The van der Waals surface area contributed by atoms with Crippen molar-refractivity contribution in [1.29, 1.82) is 0 Å². The number of methoxy groups -OCH3 is 3. The number of aliphatic carboxylic acids is 1. The van der Waals surface area contributed by atoms with Gasteiger partial charge < -0.3 is 29.0 Å². The number of carbonyl (C=O) groups is 1. The number of aromatic amines is 1. The van der Waals surface area contributed by atoms with Gasteiger partial charge in [0.15, 0.2) is 11.5 Å². The van der Waals surface area contributed by atoms with Crippen molar-refractivity contribution in [3.8, 4) is 34.3 Å². The monoisotopic (exact) mass is 439 g/mol. The molecule has 1 fully saturated rings. The standard InChI is InChI=1S/C25H29NO6/c1-29-21-11-15(12-22(30-2)25(21)31-3)24-19(14-23(27)28)18-13-17(9-10-20(18)26-24)32-16-7-5-4-6-8-16/h9-13,16,26H,4-8,14H2,1-3H3,(H,27,28). The first-order valence-corrected chi connectivity index (χ1v) is 10.9. The van der Waals surface area contributed by atoms with E-state index in [1.165, 1.54) is 19.3 Å². The molecule has 1 aromatic heterocycles. The SMILES string of the molecule is COc1cc(-c2[nH]c3ccc(OC4CCCCC4)cc3c2CC(=O)O)cc(OC)c1OC. The highest BCUT2D eigenvalue weighted by Crippen LogP contribution is 2.43. The van der Waals surface area contributed by atoms with E-state index in [-0.39, 0.29) is 12.5 Å². The van der Waals surface area contributed by atoms with Crippen LogP contribution in [0.25, 0.3) is 22.2 Å². The molecule has 7 heteroatoms. The van der Waals surface area contributed by atoms with Crippen LogP contribution in [0.4, 0.5) is 0 Å². The van der Waals surface area contributed by atoms with E-state index in [4.69, 9.17) is 18.9 Å². The molecule has 0 aliphatic heterocycles. The second kappa shape index (κ2) is 9.42. The number of hydrogen-bond acceptors (Lipinski definition) is 5. The number of aromatic nitrogens is 1. The molecule has 32 heavy (non-hydrogen) atoms. The van der Waals surface area contributed by atoms with E-state index in [9.17, 15) is 9.90 Å². The van der Waals surface area contributed by atoms with Crippen LogP contribution in [0.3, 0.4) is 0 Å². The Hall–Kier alpha value is -3.35. The van der Waals surface area contributed by atoms with Crippen molar-refractivity contribution < 1.29 is 28.8 Å². The lowest BCUT2D eigenvalue weighted by Gasteiger charge is -2.23. The Morgan fingerprint density at radius 3 is 2.28 bits per heavy atom. The summed E-state index contributed by atoms with van der Waals surface area (Å²) in [6.07, 6.45) is 5.85. The van der Waals surface area contributed by atoms with E-state index in [1.54, 1.807) is 21.3 Å². The molecule has 0 atom stereocenters. The zero-order chi connectivity index (χ0) is 22.7. The lowest BCUT2D eigenvalue weighted by molar-refractivity contribution is -0.136. The molecule has 0 bridgehead atoms. The lowest BCUT2D eigenvalue weighted by Crippen LogP contribution is -2.19. The average molecular weight is 440 g/mol. The van der Waals surface area contributed by atoms with Crippen molar-refractivity contribution in [2.75, 3.05) is 21.3 Å². The summed E-state index contributed by atoms with van der Waals surface area (Å²) in [6.45, 7) is 0. The Labute approximate surface area is 187 Å². The molecule has 1 aliphatic rings. The Balaban J connectivity index is 1.81. The van der Waals surface area contributed by atoms with Crippen LogP contribution in [-0.2, 0) is 11.2 Å². The second-order valence-electron chi connectivity index (χ2n) is 8.05. The van der Waals surface area contributed by atoms with Crippen molar-refractivity contribution in [3.63, 3.8) is 0 Å². The van der Waals surface area contributed by atoms with E-state index in [0.717, 1.165) is 35.1 Å². The number of fused-ring (bicyclic) bond motifs is 1. The van der Waals surface area contributed by atoms with Crippen LogP contribution in [0.5, 0.6) is 23.0 Å². The molecule has 0 spiro atoms. The quantitative estimate of drug-likeness (QED) is 0.501. The van der Waals surface area contributed by atoms with Gasteiger partial charge in [0.1, 0.15) is 5.75 Å². The first-order chi connectivity index (χ1) is 15.5. The maximum Gasteiger partial charge on any atom is 0.307 e. The summed E-state index contributed by atoms with van der Waals surface area (Å²) in [5.41, 5.74) is 3.00. The zero-order valence-electron chi connectivity index (χ0n) is 18.7. The summed E-state index contributed by atoms with van der Waals surface area (Å²) < 4.78 is 22.6. The topological polar surface area (TPSA) is 90.0 Å². The minimum Gasteiger partial charge on any atom is -0.493 e. The highest BCUT2D eigenvalue weighted by molar-refractivity contribution is 5.95. The number of hydrogen-bond donors (Lipinski definition) is 2. The summed E-state index contributed by atoms with van der Waals surface area (Å²) in [7, 11) is 4.66. The molecule has 0 amide bonds. The Morgan fingerprint density at radius 2 is 1.69 bits per heavy atom. The third-order valence-corrected chi connectivity index (χ3v) is 6.01. The van der Waals surface area contributed by atoms with Crippen LogP contribution < -0.4 is 18.9 Å². The summed E-state index contributed by atoms with van der Waals surface area (Å²) in [5.74, 6) is 1.36. The number of nitrogens with one attached hydrogen (secondary N) is 1. The summed E-state index contributed by atoms with van der Waals surface area (Å²) in [5, 5.41) is 10.5. The maximum absolute atomic E-state index is 11.7. The van der Waals surface area contributed by atoms with Gasteiger partial charge in [-0.2, -0.15) is 0 Å². The van der Waals surface area contributed by atoms with Crippen molar-refractivity contribution in [1.82, 2.24) is 4.98 Å².